The molecular formula is C13H19NO2. The van der Waals surface area contributed by atoms with E-state index < -0.39 is 0 Å². The van der Waals surface area contributed by atoms with Gasteiger partial charge in [0, 0.05) is 6.04 Å². The van der Waals surface area contributed by atoms with E-state index in [0.29, 0.717) is 13.2 Å². The summed E-state index contributed by atoms with van der Waals surface area (Å²) in [6, 6.07) is 10.5. The van der Waals surface area contributed by atoms with Crippen molar-refractivity contribution in [1.82, 2.24) is 4.90 Å². The number of hydrogen-bond donors (Lipinski definition) is 1. The lowest BCUT2D eigenvalue weighted by Crippen LogP contribution is -2.53. The second-order valence-corrected chi connectivity index (χ2v) is 4.79. The molecule has 1 aromatic rings. The van der Waals surface area contributed by atoms with Gasteiger partial charge in [0.15, 0.2) is 0 Å². The second-order valence-electron chi connectivity index (χ2n) is 4.79. The SMILES string of the molecule is CN(C)C(c1ccccc1)C1(CO)COC1. The van der Waals surface area contributed by atoms with Gasteiger partial charge in [-0.25, -0.2) is 0 Å². The highest BCUT2D eigenvalue weighted by Gasteiger charge is 2.46. The molecule has 3 heteroatoms. The summed E-state index contributed by atoms with van der Waals surface area (Å²) in [5.74, 6) is 0. The van der Waals surface area contributed by atoms with Crippen molar-refractivity contribution in [2.45, 2.75) is 6.04 Å². The van der Waals surface area contributed by atoms with Crippen LogP contribution < -0.4 is 0 Å². The number of nitrogens with zero attached hydrogens (tertiary/aromatic N) is 1. The number of aliphatic hydroxyl groups is 1. The number of rotatable bonds is 4. The molecule has 1 aliphatic rings. The number of ether oxygens (including phenoxy) is 1. The van der Waals surface area contributed by atoms with Gasteiger partial charge in [0.1, 0.15) is 0 Å². The molecule has 1 unspecified atom stereocenters. The van der Waals surface area contributed by atoms with E-state index in [9.17, 15) is 5.11 Å². The molecule has 1 aromatic carbocycles. The van der Waals surface area contributed by atoms with Crippen molar-refractivity contribution in [3.63, 3.8) is 0 Å². The van der Waals surface area contributed by atoms with E-state index in [1.165, 1.54) is 5.56 Å². The Labute approximate surface area is 96.6 Å². The van der Waals surface area contributed by atoms with Gasteiger partial charge in [-0.15, -0.1) is 0 Å². The second kappa shape index (κ2) is 4.53. The molecular weight excluding hydrogens is 202 g/mol. The summed E-state index contributed by atoms with van der Waals surface area (Å²) in [5.41, 5.74) is 1.11. The van der Waals surface area contributed by atoms with E-state index in [1.54, 1.807) is 0 Å². The van der Waals surface area contributed by atoms with Crippen molar-refractivity contribution >= 4 is 0 Å². The molecule has 16 heavy (non-hydrogen) atoms. The van der Waals surface area contributed by atoms with Gasteiger partial charge < -0.3 is 14.7 Å². The fraction of sp³-hybridized carbons (Fsp3) is 0.538. The zero-order valence-electron chi connectivity index (χ0n) is 9.89. The molecule has 1 N–H and O–H groups in total. The summed E-state index contributed by atoms with van der Waals surface area (Å²) < 4.78 is 5.30. The van der Waals surface area contributed by atoms with Gasteiger partial charge in [0.2, 0.25) is 0 Å². The summed E-state index contributed by atoms with van der Waals surface area (Å²) in [4.78, 5) is 2.16. The van der Waals surface area contributed by atoms with Gasteiger partial charge in [-0.2, -0.15) is 0 Å². The lowest BCUT2D eigenvalue weighted by molar-refractivity contribution is -0.172. The average Bonchev–Trinajstić information content (AvgIpc) is 2.24. The van der Waals surface area contributed by atoms with Crippen LogP contribution in [-0.2, 0) is 4.74 Å². The van der Waals surface area contributed by atoms with Crippen LogP contribution in [0.4, 0.5) is 0 Å². The summed E-state index contributed by atoms with van der Waals surface area (Å²) in [6.45, 7) is 1.45. The molecule has 3 nitrogen and oxygen atoms in total. The van der Waals surface area contributed by atoms with Crippen LogP contribution in [0.1, 0.15) is 11.6 Å². The third-order valence-electron chi connectivity index (χ3n) is 3.31. The summed E-state index contributed by atoms with van der Waals surface area (Å²) in [5, 5.41) is 9.61. The molecule has 1 heterocycles. The van der Waals surface area contributed by atoms with Gasteiger partial charge in [-0.3, -0.25) is 0 Å². The maximum Gasteiger partial charge on any atom is 0.0598 e. The highest BCUT2D eigenvalue weighted by molar-refractivity contribution is 5.22. The third kappa shape index (κ3) is 1.86. The van der Waals surface area contributed by atoms with Crippen molar-refractivity contribution in [3.05, 3.63) is 35.9 Å². The van der Waals surface area contributed by atoms with Crippen LogP contribution in [0.3, 0.4) is 0 Å². The maximum atomic E-state index is 9.61. The van der Waals surface area contributed by atoms with Crippen LogP contribution in [0.2, 0.25) is 0 Å². The summed E-state index contributed by atoms with van der Waals surface area (Å²) >= 11 is 0. The van der Waals surface area contributed by atoms with Gasteiger partial charge >= 0.3 is 0 Å². The number of hydrogen-bond acceptors (Lipinski definition) is 3. The van der Waals surface area contributed by atoms with Crippen LogP contribution in [0, 0.1) is 5.41 Å². The van der Waals surface area contributed by atoms with E-state index in [2.05, 4.69) is 17.0 Å². The van der Waals surface area contributed by atoms with E-state index in [0.717, 1.165) is 0 Å². The van der Waals surface area contributed by atoms with Crippen molar-refractivity contribution < 1.29 is 9.84 Å². The summed E-state index contributed by atoms with van der Waals surface area (Å²) in [6.07, 6.45) is 0. The van der Waals surface area contributed by atoms with Gasteiger partial charge in [-0.1, -0.05) is 30.3 Å². The lowest BCUT2D eigenvalue weighted by Gasteiger charge is -2.48. The van der Waals surface area contributed by atoms with Crippen molar-refractivity contribution in [3.8, 4) is 0 Å². The molecule has 0 radical (unpaired) electrons. The Balaban J connectivity index is 2.31. The predicted molar refractivity (Wildman–Crippen MR) is 63.2 cm³/mol. The first kappa shape index (κ1) is 11.6. The molecule has 1 saturated heterocycles. The van der Waals surface area contributed by atoms with Crippen LogP contribution in [0.15, 0.2) is 30.3 Å². The van der Waals surface area contributed by atoms with Crippen LogP contribution in [0.5, 0.6) is 0 Å². The quantitative estimate of drug-likeness (QED) is 0.832. The Kier molecular flexibility index (Phi) is 3.28. The maximum absolute atomic E-state index is 9.61. The highest BCUT2D eigenvalue weighted by atomic mass is 16.5. The van der Waals surface area contributed by atoms with Crippen LogP contribution in [-0.4, -0.2) is 43.9 Å². The van der Waals surface area contributed by atoms with E-state index in [1.807, 2.05) is 32.3 Å². The fourth-order valence-corrected chi connectivity index (χ4v) is 2.53. The standard InChI is InChI=1S/C13H19NO2/c1-14(2)12(11-6-4-3-5-7-11)13(8-15)9-16-10-13/h3-7,12,15H,8-10H2,1-2H3. The van der Waals surface area contributed by atoms with Gasteiger partial charge in [-0.05, 0) is 19.7 Å². The first-order chi connectivity index (χ1) is 7.69. The first-order valence-electron chi connectivity index (χ1n) is 5.59. The van der Waals surface area contributed by atoms with Crippen LogP contribution >= 0.6 is 0 Å². The van der Waals surface area contributed by atoms with E-state index in [-0.39, 0.29) is 18.1 Å². The highest BCUT2D eigenvalue weighted by Crippen LogP contribution is 2.42. The van der Waals surface area contributed by atoms with Crippen molar-refractivity contribution in [1.29, 1.82) is 0 Å². The Morgan fingerprint density at radius 1 is 1.31 bits per heavy atom. The summed E-state index contributed by atoms with van der Waals surface area (Å²) in [7, 11) is 4.10. The monoisotopic (exact) mass is 221 g/mol. The van der Waals surface area contributed by atoms with Crippen molar-refractivity contribution in [2.75, 3.05) is 33.9 Å². The minimum Gasteiger partial charge on any atom is -0.396 e. The predicted octanol–water partition coefficient (Wildman–Crippen LogP) is 1.30. The molecule has 0 aliphatic carbocycles. The zero-order chi connectivity index (χ0) is 11.6. The molecule has 2 rings (SSSR count). The van der Waals surface area contributed by atoms with Crippen molar-refractivity contribution in [2.24, 2.45) is 5.41 Å². The lowest BCUT2D eigenvalue weighted by atomic mass is 9.75. The topological polar surface area (TPSA) is 32.7 Å². The molecule has 0 spiro atoms. The van der Waals surface area contributed by atoms with Gasteiger partial charge in [0.05, 0.1) is 25.2 Å². The largest absolute Gasteiger partial charge is 0.396 e. The normalized spacial score (nSPS) is 20.5. The molecule has 88 valence electrons. The third-order valence-corrected chi connectivity index (χ3v) is 3.31. The minimum atomic E-state index is -0.134. The molecule has 0 aromatic heterocycles. The Morgan fingerprint density at radius 3 is 2.31 bits per heavy atom. The zero-order valence-corrected chi connectivity index (χ0v) is 9.89. The number of benzene rings is 1. The smallest absolute Gasteiger partial charge is 0.0598 e. The Bertz CT molecular complexity index is 328. The molecule has 1 fully saturated rings. The van der Waals surface area contributed by atoms with Crippen LogP contribution in [0.25, 0.3) is 0 Å². The van der Waals surface area contributed by atoms with E-state index in [4.69, 9.17) is 4.74 Å². The molecule has 1 aliphatic heterocycles. The minimum absolute atomic E-state index is 0.134. The Morgan fingerprint density at radius 2 is 1.94 bits per heavy atom. The Hall–Kier alpha value is -0.900. The van der Waals surface area contributed by atoms with Gasteiger partial charge in [0.25, 0.3) is 0 Å². The average molecular weight is 221 g/mol. The first-order valence-corrected chi connectivity index (χ1v) is 5.59. The molecule has 0 bridgehead atoms. The fourth-order valence-electron chi connectivity index (χ4n) is 2.53. The molecule has 0 amide bonds. The molecule has 1 atom stereocenters. The van der Waals surface area contributed by atoms with E-state index >= 15 is 0 Å². The molecule has 0 saturated carbocycles. The number of aliphatic hydroxyl groups excluding tert-OH is 1.